The Morgan fingerprint density at radius 2 is 1.61 bits per heavy atom. The number of amides is 3. The molecule has 26 heteroatoms. The van der Waals surface area contributed by atoms with Crippen molar-refractivity contribution in [3.63, 3.8) is 0 Å². The van der Waals surface area contributed by atoms with Crippen LogP contribution < -0.4 is 26.0 Å². The monoisotopic (exact) mass is 1290 g/mol. The van der Waals surface area contributed by atoms with Gasteiger partial charge >= 0.3 is 18.0 Å². The van der Waals surface area contributed by atoms with E-state index in [1.54, 1.807) is 31.5 Å². The van der Waals surface area contributed by atoms with Gasteiger partial charge in [-0.1, -0.05) is 61.6 Å². The van der Waals surface area contributed by atoms with E-state index < -0.39 is 54.6 Å². The number of pyridine rings is 1. The van der Waals surface area contributed by atoms with Crippen LogP contribution >= 0.6 is 11.3 Å². The number of nitrogens with two attached hydrogens (primary N) is 1. The number of thiazole rings is 1. The van der Waals surface area contributed by atoms with Gasteiger partial charge in [-0.2, -0.15) is 5.10 Å². The Hall–Kier alpha value is -7.92. The summed E-state index contributed by atoms with van der Waals surface area (Å²) in [5, 5.41) is 62.0. The minimum atomic E-state index is -1.92. The molecule has 0 radical (unpaired) electrons. The van der Waals surface area contributed by atoms with E-state index >= 15 is 0 Å². The summed E-state index contributed by atoms with van der Waals surface area (Å²) in [6.07, 6.45) is 1.77. The number of carbonyl (C=O) groups excluding carboxylic acids is 3. The Morgan fingerprint density at radius 3 is 2.36 bits per heavy atom. The predicted molar refractivity (Wildman–Crippen MR) is 339 cm³/mol. The molecule has 3 aromatic carbocycles. The largest absolute Gasteiger partial charge is 0.479 e. The van der Waals surface area contributed by atoms with Crippen molar-refractivity contribution in [2.24, 2.45) is 22.0 Å². The van der Waals surface area contributed by atoms with Crippen molar-refractivity contribution in [1.29, 1.82) is 0 Å². The van der Waals surface area contributed by atoms with Gasteiger partial charge in [-0.3, -0.25) is 19.6 Å². The summed E-state index contributed by atoms with van der Waals surface area (Å²) in [4.78, 5) is 76.5. The lowest BCUT2D eigenvalue weighted by molar-refractivity contribution is -0.271. The Morgan fingerprint density at radius 1 is 0.848 bits per heavy atom. The first-order chi connectivity index (χ1) is 44.0. The van der Waals surface area contributed by atoms with E-state index in [2.05, 4.69) is 34.1 Å². The quantitative estimate of drug-likeness (QED) is 0.0256. The molecule has 92 heavy (non-hydrogen) atoms. The molecule has 5 fully saturated rings. The van der Waals surface area contributed by atoms with Gasteiger partial charge in [0.2, 0.25) is 12.2 Å². The first-order valence-corrected chi connectivity index (χ1v) is 31.7. The van der Waals surface area contributed by atoms with Crippen LogP contribution in [0.15, 0.2) is 85.1 Å². The molecule has 4 aliphatic carbocycles. The number of rotatable bonds is 26. The van der Waals surface area contributed by atoms with Crippen molar-refractivity contribution < 1.29 is 77.9 Å². The number of carboxylic acids is 2. The number of hydrogen-bond acceptors (Lipinski definition) is 20. The van der Waals surface area contributed by atoms with Crippen molar-refractivity contribution in [2.75, 3.05) is 81.9 Å². The number of carbonyl (C=O) groups is 5. The first-order valence-electron chi connectivity index (χ1n) is 30.9. The molecule has 3 amide bonds. The number of aliphatic hydroxyl groups is 3. The van der Waals surface area contributed by atoms with Gasteiger partial charge in [0, 0.05) is 68.6 Å². The fourth-order valence-corrected chi connectivity index (χ4v) is 16.1. The Kier molecular flexibility index (Phi) is 19.5. The molecule has 5 heterocycles. The predicted octanol–water partition coefficient (Wildman–Crippen LogP) is 6.89. The molecule has 4 saturated carbocycles. The van der Waals surface area contributed by atoms with Crippen molar-refractivity contribution in [1.82, 2.24) is 24.6 Å². The van der Waals surface area contributed by atoms with E-state index in [1.165, 1.54) is 28.4 Å². The summed E-state index contributed by atoms with van der Waals surface area (Å²) >= 11 is 1.42. The summed E-state index contributed by atoms with van der Waals surface area (Å²) in [6.45, 7) is 10.3. The molecule has 6 aliphatic rings. The summed E-state index contributed by atoms with van der Waals surface area (Å²) in [7, 11) is 1.59. The molecule has 9 N–H and O–H groups in total. The highest BCUT2D eigenvalue weighted by Gasteiger charge is 2.66. The van der Waals surface area contributed by atoms with Gasteiger partial charge in [-0.15, -0.1) is 0 Å². The first kappa shape index (κ1) is 65.6. The SMILES string of the molecule is Cc1c(-c2ccc(N3CCc4cccc(C(=O)Nc5nc6ccccc6s5)c4C3)nc2C(=O)O)cnn1CC12CC3(C)CC(C)(C1)CC(OCCOCCOCCN(C)C(=O)OC/C=C/c1ccc(O[C@@H]4O[C@H](C(=O)O)[C@@H](O)[C@H](O)[C@H]4O)c(NC(=O)CCN)c1)(C3)C2. The summed E-state index contributed by atoms with van der Waals surface area (Å²) in [6, 6.07) is 21.7. The molecule has 1 saturated heterocycles. The molecule has 490 valence electrons. The highest BCUT2D eigenvalue weighted by molar-refractivity contribution is 7.22. The van der Waals surface area contributed by atoms with E-state index in [-0.39, 0.29) is 77.6 Å². The van der Waals surface area contributed by atoms with E-state index in [0.29, 0.717) is 85.7 Å². The van der Waals surface area contributed by atoms with Crippen LogP contribution in [0.4, 0.5) is 21.4 Å². The summed E-state index contributed by atoms with van der Waals surface area (Å²) in [5.41, 5.74) is 11.2. The zero-order chi connectivity index (χ0) is 65.1. The average Bonchev–Trinajstić information content (AvgIpc) is 0.698. The number of aromatic carboxylic acids is 1. The highest BCUT2D eigenvalue weighted by Crippen LogP contribution is 2.72. The number of likely N-dealkylation sites (N-methyl/N-ethyl adjacent to an activating group) is 1. The second-order valence-corrected chi connectivity index (χ2v) is 26.8. The molecular weight excluding hydrogens is 1210 g/mol. The van der Waals surface area contributed by atoms with Crippen LogP contribution in [0.2, 0.25) is 0 Å². The number of hydrogen-bond donors (Lipinski definition) is 8. The second kappa shape index (κ2) is 27.3. The molecule has 2 unspecified atom stereocenters. The normalized spacial score (nSPS) is 25.6. The third kappa shape index (κ3) is 14.5. The molecule has 0 spiro atoms. The van der Waals surface area contributed by atoms with Gasteiger partial charge in [0.1, 0.15) is 36.5 Å². The van der Waals surface area contributed by atoms with Crippen LogP contribution in [0, 0.1) is 23.2 Å². The van der Waals surface area contributed by atoms with Crippen molar-refractivity contribution in [3.05, 3.63) is 119 Å². The maximum atomic E-state index is 13.8. The van der Waals surface area contributed by atoms with Crippen LogP contribution in [-0.4, -0.2) is 183 Å². The number of anilines is 3. The molecule has 12 rings (SSSR count). The summed E-state index contributed by atoms with van der Waals surface area (Å²) < 4.78 is 38.1. The Bertz CT molecular complexity index is 3710. The molecule has 6 aromatic rings. The molecule has 25 nitrogen and oxygen atoms in total. The minimum Gasteiger partial charge on any atom is -0.479 e. The van der Waals surface area contributed by atoms with E-state index in [4.69, 9.17) is 44.2 Å². The Balaban J connectivity index is 0.631. The third-order valence-electron chi connectivity index (χ3n) is 18.2. The molecule has 7 atom stereocenters. The Labute approximate surface area is 535 Å². The standard InChI is InChI=1S/C66H79N9O16S/c1-39-44(42-15-17-50(71-52(42)58(81)82)74-21-19-41-10-7-11-43(45(41)31-74)57(80)72-61-70-46-12-5-6-13-49(46)92-61)30-68-75(39)38-65-33-63(2)32-64(3,34-65)36-66(35-63,37-65)89-28-27-87-26-25-86-24-22-73(4)62(85)88-23-8-9-40-14-16-48(47(29-40)69-51(76)18-20-67)90-60-55(79)53(77)54(78)56(91-60)59(83)84/h5-17,29-30,53-56,60,77-79H,18-28,31-38,67H2,1-4H3,(H,69,76)(H,81,82)(H,83,84)(H,70,72,80)/b9-8+/t53-,54-,55+,56-,60+,63?,64?,65?,66?/m0/s1. The van der Waals surface area contributed by atoms with Crippen LogP contribution in [0.5, 0.6) is 5.75 Å². The highest BCUT2D eigenvalue weighted by atomic mass is 32.1. The van der Waals surface area contributed by atoms with Crippen molar-refractivity contribution >= 4 is 74.1 Å². The zero-order valence-electron chi connectivity index (χ0n) is 51.9. The second-order valence-electron chi connectivity index (χ2n) is 25.8. The maximum absolute atomic E-state index is 13.8. The number of carboxylic acid groups (broad SMARTS) is 2. The number of benzene rings is 3. The molecule has 2 aliphatic heterocycles. The van der Waals surface area contributed by atoms with E-state index in [0.717, 1.165) is 65.6 Å². The van der Waals surface area contributed by atoms with Crippen LogP contribution in [0.1, 0.15) is 102 Å². The topological polar surface area (TPSA) is 342 Å². The van der Waals surface area contributed by atoms with Gasteiger partial charge in [-0.05, 0) is 133 Å². The van der Waals surface area contributed by atoms with Crippen LogP contribution in [0.3, 0.4) is 0 Å². The number of aromatic nitrogens is 4. The number of ether oxygens (including phenoxy) is 6. The third-order valence-corrected chi connectivity index (χ3v) is 19.1. The van der Waals surface area contributed by atoms with Crippen LogP contribution in [0.25, 0.3) is 27.4 Å². The van der Waals surface area contributed by atoms with Gasteiger partial charge in [0.15, 0.2) is 16.9 Å². The van der Waals surface area contributed by atoms with E-state index in [1.807, 2.05) is 66.4 Å². The number of nitrogens with one attached hydrogen (secondary N) is 2. The zero-order valence-corrected chi connectivity index (χ0v) is 52.7. The van der Waals surface area contributed by atoms with Gasteiger partial charge in [0.25, 0.3) is 5.91 Å². The fraction of sp³-hybridized carbons (Fsp3) is 0.485. The molecule has 3 aromatic heterocycles. The van der Waals surface area contributed by atoms with Gasteiger partial charge < -0.3 is 74.8 Å². The average molecular weight is 1290 g/mol. The summed E-state index contributed by atoms with van der Waals surface area (Å²) in [5.74, 6) is -2.96. The lowest BCUT2D eigenvalue weighted by Gasteiger charge is -2.69. The lowest BCUT2D eigenvalue weighted by atomic mass is 9.39. The molecule has 4 bridgehead atoms. The number of aliphatic hydroxyl groups excluding tert-OH is 3. The number of nitrogens with zero attached hydrogens (tertiary/aromatic N) is 6. The number of para-hydroxylation sites is 1. The number of fused-ring (bicyclic) bond motifs is 2. The van der Waals surface area contributed by atoms with Gasteiger partial charge in [0.05, 0.1) is 60.7 Å². The van der Waals surface area contributed by atoms with Crippen molar-refractivity contribution in [2.45, 2.75) is 122 Å². The minimum absolute atomic E-state index is 0.0347. The lowest BCUT2D eigenvalue weighted by Crippen LogP contribution is -2.64. The fourth-order valence-electron chi connectivity index (χ4n) is 15.2. The smallest absolute Gasteiger partial charge is 0.409 e. The van der Waals surface area contributed by atoms with Crippen LogP contribution in [-0.2, 0) is 52.8 Å². The van der Waals surface area contributed by atoms with Gasteiger partial charge in [-0.25, -0.2) is 24.4 Å². The molecular formula is C66H79N9O16S. The van der Waals surface area contributed by atoms with E-state index in [9.17, 15) is 49.5 Å². The maximum Gasteiger partial charge on any atom is 0.409 e. The number of aliphatic carboxylic acids is 1. The van der Waals surface area contributed by atoms with Crippen molar-refractivity contribution in [3.8, 4) is 16.9 Å².